The number of aromatic nitrogens is 5. The summed E-state index contributed by atoms with van der Waals surface area (Å²) in [7, 11) is 0. The van der Waals surface area contributed by atoms with E-state index in [2.05, 4.69) is 50.3 Å². The summed E-state index contributed by atoms with van der Waals surface area (Å²) in [5.74, 6) is 1.24. The minimum atomic E-state index is 0.0829. The van der Waals surface area contributed by atoms with E-state index in [1.165, 1.54) is 5.56 Å². The Morgan fingerprint density at radius 2 is 1.74 bits per heavy atom. The topological polar surface area (TPSA) is 92.3 Å². The molecule has 4 heterocycles. The van der Waals surface area contributed by atoms with Gasteiger partial charge in [0.25, 0.3) is 0 Å². The number of benzene rings is 2. The fourth-order valence-electron chi connectivity index (χ4n) is 4.76. The van der Waals surface area contributed by atoms with E-state index in [0.717, 1.165) is 62.0 Å². The standard InChI is InChI=1S/C26H29N7O2/c1-2-5-19(6-3-1)18-32-11-9-20(10-12-32)35-26-29-24(21-7-4-8-23-22(21)17-27-31-23)28-25(30-26)33-13-15-34-16-14-33/h1-8,17,20H,9-16,18H2,(H,27,31). The van der Waals surface area contributed by atoms with E-state index >= 15 is 0 Å². The van der Waals surface area contributed by atoms with E-state index in [1.807, 2.05) is 24.4 Å². The van der Waals surface area contributed by atoms with Gasteiger partial charge in [-0.15, -0.1) is 0 Å². The van der Waals surface area contributed by atoms with Crippen molar-refractivity contribution in [1.82, 2.24) is 30.0 Å². The van der Waals surface area contributed by atoms with Crippen LogP contribution in [0.4, 0.5) is 5.95 Å². The molecule has 9 nitrogen and oxygen atoms in total. The first-order valence-corrected chi connectivity index (χ1v) is 12.3. The van der Waals surface area contributed by atoms with E-state index in [1.54, 1.807) is 0 Å². The molecule has 4 aromatic rings. The van der Waals surface area contributed by atoms with Gasteiger partial charge in [-0.05, 0) is 24.5 Å². The monoisotopic (exact) mass is 471 g/mol. The first-order chi connectivity index (χ1) is 17.3. The van der Waals surface area contributed by atoms with Crippen molar-refractivity contribution in [3.05, 3.63) is 60.3 Å². The van der Waals surface area contributed by atoms with Gasteiger partial charge in [0.1, 0.15) is 6.10 Å². The highest BCUT2D eigenvalue weighted by Crippen LogP contribution is 2.28. The Balaban J connectivity index is 1.22. The zero-order valence-corrected chi connectivity index (χ0v) is 19.6. The number of hydrogen-bond acceptors (Lipinski definition) is 8. The van der Waals surface area contributed by atoms with Crippen molar-refractivity contribution in [1.29, 1.82) is 0 Å². The van der Waals surface area contributed by atoms with E-state index in [4.69, 9.17) is 24.4 Å². The Morgan fingerprint density at radius 1 is 0.914 bits per heavy atom. The van der Waals surface area contributed by atoms with Gasteiger partial charge in [-0.3, -0.25) is 10.00 Å². The van der Waals surface area contributed by atoms with Gasteiger partial charge in [-0.2, -0.15) is 20.1 Å². The lowest BCUT2D eigenvalue weighted by atomic mass is 10.1. The summed E-state index contributed by atoms with van der Waals surface area (Å²) >= 11 is 0. The van der Waals surface area contributed by atoms with Crippen molar-refractivity contribution >= 4 is 16.9 Å². The Hall–Kier alpha value is -3.56. The summed E-state index contributed by atoms with van der Waals surface area (Å²) in [5.41, 5.74) is 3.21. The van der Waals surface area contributed by atoms with Crippen LogP contribution in [0, 0.1) is 0 Å². The molecule has 2 aromatic carbocycles. The summed E-state index contributed by atoms with van der Waals surface area (Å²) in [6.07, 6.45) is 3.78. The predicted octanol–water partition coefficient (Wildman–Crippen LogP) is 3.29. The van der Waals surface area contributed by atoms with Gasteiger partial charge in [0.2, 0.25) is 5.95 Å². The number of piperidine rings is 1. The number of aromatic amines is 1. The second kappa shape index (κ2) is 9.97. The number of rotatable bonds is 6. The third kappa shape index (κ3) is 4.96. The van der Waals surface area contributed by atoms with E-state index in [9.17, 15) is 0 Å². The molecule has 6 rings (SSSR count). The summed E-state index contributed by atoms with van der Waals surface area (Å²) < 4.78 is 11.9. The zero-order valence-electron chi connectivity index (χ0n) is 19.6. The number of morpholine rings is 1. The third-order valence-corrected chi connectivity index (χ3v) is 6.68. The average molecular weight is 472 g/mol. The fourth-order valence-corrected chi connectivity index (χ4v) is 4.76. The van der Waals surface area contributed by atoms with Gasteiger partial charge in [-0.1, -0.05) is 42.5 Å². The number of likely N-dealkylation sites (tertiary alicyclic amines) is 1. The molecule has 2 fully saturated rings. The Bertz CT molecular complexity index is 1270. The summed E-state index contributed by atoms with van der Waals surface area (Å²) in [6, 6.07) is 17.0. The Labute approximate surface area is 204 Å². The van der Waals surface area contributed by atoms with Crippen LogP contribution >= 0.6 is 0 Å². The van der Waals surface area contributed by atoms with Gasteiger partial charge < -0.3 is 14.4 Å². The minimum Gasteiger partial charge on any atom is -0.460 e. The van der Waals surface area contributed by atoms with Crippen LogP contribution in [0.1, 0.15) is 18.4 Å². The second-order valence-electron chi connectivity index (χ2n) is 9.06. The van der Waals surface area contributed by atoms with E-state index in [0.29, 0.717) is 31.0 Å². The quantitative estimate of drug-likeness (QED) is 0.458. The van der Waals surface area contributed by atoms with Gasteiger partial charge in [0, 0.05) is 43.7 Å². The van der Waals surface area contributed by atoms with Crippen molar-refractivity contribution in [3.63, 3.8) is 0 Å². The van der Waals surface area contributed by atoms with Crippen molar-refractivity contribution in [2.75, 3.05) is 44.3 Å². The van der Waals surface area contributed by atoms with E-state index < -0.39 is 0 Å². The summed E-state index contributed by atoms with van der Waals surface area (Å²) in [4.78, 5) is 18.9. The number of hydrogen-bond donors (Lipinski definition) is 1. The molecule has 180 valence electrons. The number of H-pyrrole nitrogens is 1. The van der Waals surface area contributed by atoms with Gasteiger partial charge in [0.05, 0.1) is 24.9 Å². The van der Waals surface area contributed by atoms with Crippen LogP contribution in [0.3, 0.4) is 0 Å². The predicted molar refractivity (Wildman–Crippen MR) is 133 cm³/mol. The average Bonchev–Trinajstić information content (AvgIpc) is 3.40. The van der Waals surface area contributed by atoms with Crippen LogP contribution < -0.4 is 9.64 Å². The largest absolute Gasteiger partial charge is 0.460 e. The normalized spacial score (nSPS) is 17.7. The van der Waals surface area contributed by atoms with Crippen molar-refractivity contribution < 1.29 is 9.47 Å². The molecular formula is C26H29N7O2. The summed E-state index contributed by atoms with van der Waals surface area (Å²) in [5, 5.41) is 8.20. The molecule has 2 aliphatic rings. The van der Waals surface area contributed by atoms with Gasteiger partial charge in [0.15, 0.2) is 5.82 Å². The maximum atomic E-state index is 6.37. The molecule has 0 amide bonds. The third-order valence-electron chi connectivity index (χ3n) is 6.68. The van der Waals surface area contributed by atoms with E-state index in [-0.39, 0.29) is 6.10 Å². The molecule has 0 atom stereocenters. The molecule has 0 radical (unpaired) electrons. The maximum Gasteiger partial charge on any atom is 0.322 e. The number of nitrogens with one attached hydrogen (secondary N) is 1. The summed E-state index contributed by atoms with van der Waals surface area (Å²) in [6.45, 7) is 5.76. The van der Waals surface area contributed by atoms with Crippen molar-refractivity contribution in [2.45, 2.75) is 25.5 Å². The van der Waals surface area contributed by atoms with Gasteiger partial charge >= 0.3 is 6.01 Å². The highest BCUT2D eigenvalue weighted by molar-refractivity contribution is 5.92. The maximum absolute atomic E-state index is 6.37. The minimum absolute atomic E-state index is 0.0829. The van der Waals surface area contributed by atoms with Gasteiger partial charge in [-0.25, -0.2) is 0 Å². The molecule has 0 saturated carbocycles. The van der Waals surface area contributed by atoms with Crippen LogP contribution in [0.25, 0.3) is 22.3 Å². The molecule has 2 aliphatic heterocycles. The molecule has 9 heteroatoms. The Morgan fingerprint density at radius 3 is 2.57 bits per heavy atom. The zero-order chi connectivity index (χ0) is 23.5. The first-order valence-electron chi connectivity index (χ1n) is 12.3. The lowest BCUT2D eigenvalue weighted by Gasteiger charge is -2.32. The van der Waals surface area contributed by atoms with Crippen LogP contribution in [-0.2, 0) is 11.3 Å². The molecule has 2 saturated heterocycles. The molecule has 0 unspecified atom stereocenters. The lowest BCUT2D eigenvalue weighted by molar-refractivity contribution is 0.0889. The van der Waals surface area contributed by atoms with Crippen LogP contribution in [0.2, 0.25) is 0 Å². The number of anilines is 1. The van der Waals surface area contributed by atoms with Crippen molar-refractivity contribution in [3.8, 4) is 17.4 Å². The van der Waals surface area contributed by atoms with Crippen LogP contribution in [0.5, 0.6) is 6.01 Å². The molecule has 0 aliphatic carbocycles. The number of nitrogens with zero attached hydrogens (tertiary/aromatic N) is 6. The molecule has 0 bridgehead atoms. The van der Waals surface area contributed by atoms with Crippen LogP contribution in [0.15, 0.2) is 54.7 Å². The Kier molecular flexibility index (Phi) is 6.25. The lowest BCUT2D eigenvalue weighted by Crippen LogP contribution is -2.39. The number of ether oxygens (including phenoxy) is 2. The SMILES string of the molecule is c1ccc(CN2CCC(Oc3nc(-c4cccc5[nH]ncc45)nc(N4CCOCC4)n3)CC2)cc1. The smallest absolute Gasteiger partial charge is 0.322 e. The van der Waals surface area contributed by atoms with Crippen LogP contribution in [-0.4, -0.2) is 75.5 Å². The first kappa shape index (κ1) is 21.9. The molecule has 35 heavy (non-hydrogen) atoms. The fraction of sp³-hybridized carbons (Fsp3) is 0.385. The van der Waals surface area contributed by atoms with Crippen molar-refractivity contribution in [2.24, 2.45) is 0 Å². The molecule has 2 aromatic heterocycles. The highest BCUT2D eigenvalue weighted by Gasteiger charge is 2.24. The second-order valence-corrected chi connectivity index (χ2v) is 9.06. The number of fused-ring (bicyclic) bond motifs is 1. The molecule has 1 N–H and O–H groups in total. The highest BCUT2D eigenvalue weighted by atomic mass is 16.5. The molecule has 0 spiro atoms. The molecular weight excluding hydrogens is 442 g/mol.